The van der Waals surface area contributed by atoms with E-state index in [1.807, 2.05) is 4.90 Å². The van der Waals surface area contributed by atoms with E-state index in [1.165, 1.54) is 0 Å². The highest BCUT2D eigenvalue weighted by atomic mass is 16.3. The van der Waals surface area contributed by atoms with Gasteiger partial charge >= 0.3 is 0 Å². The van der Waals surface area contributed by atoms with E-state index in [0.717, 1.165) is 45.6 Å². The summed E-state index contributed by atoms with van der Waals surface area (Å²) >= 11 is 0. The summed E-state index contributed by atoms with van der Waals surface area (Å²) in [4.78, 5) is 16.7. The van der Waals surface area contributed by atoms with E-state index in [2.05, 4.69) is 18.7 Å². The molecule has 4 heteroatoms. The third-order valence-corrected chi connectivity index (χ3v) is 4.10. The van der Waals surface area contributed by atoms with Gasteiger partial charge in [-0.15, -0.1) is 0 Å². The number of amides is 1. The summed E-state index contributed by atoms with van der Waals surface area (Å²) in [6.45, 7) is 9.35. The minimum Gasteiger partial charge on any atom is -0.396 e. The Kier molecular flexibility index (Phi) is 4.62. The number of nitrogens with zero attached hydrogens (tertiary/aromatic N) is 2. The van der Waals surface area contributed by atoms with Crippen LogP contribution in [0.15, 0.2) is 0 Å². The molecule has 2 fully saturated rings. The Hall–Kier alpha value is -0.610. The quantitative estimate of drug-likeness (QED) is 0.807. The van der Waals surface area contributed by atoms with Crippen molar-refractivity contribution in [3.8, 4) is 0 Å². The topological polar surface area (TPSA) is 43.8 Å². The molecule has 0 bridgehead atoms. The Labute approximate surface area is 110 Å². The lowest BCUT2D eigenvalue weighted by molar-refractivity contribution is -0.134. The van der Waals surface area contributed by atoms with Crippen molar-refractivity contribution in [1.82, 2.24) is 9.80 Å². The molecule has 2 atom stereocenters. The Morgan fingerprint density at radius 2 is 2.06 bits per heavy atom. The lowest BCUT2D eigenvalue weighted by Crippen LogP contribution is -2.36. The first-order valence-electron chi connectivity index (χ1n) is 7.22. The smallest absolute Gasteiger partial charge is 0.227 e. The maximum Gasteiger partial charge on any atom is 0.227 e. The number of carbonyl (C=O) groups excluding carboxylic acids is 1. The number of carbonyl (C=O) groups is 1. The zero-order valence-electron chi connectivity index (χ0n) is 11.6. The molecule has 2 saturated heterocycles. The summed E-state index contributed by atoms with van der Waals surface area (Å²) in [5.74, 6) is 1.49. The molecule has 1 amide bonds. The molecule has 2 rings (SSSR count). The second kappa shape index (κ2) is 6.02. The predicted molar refractivity (Wildman–Crippen MR) is 71.2 cm³/mol. The normalized spacial score (nSPS) is 29.4. The van der Waals surface area contributed by atoms with E-state index in [0.29, 0.717) is 17.7 Å². The van der Waals surface area contributed by atoms with E-state index in [4.69, 9.17) is 5.11 Å². The average Bonchev–Trinajstić information content (AvgIpc) is 2.95. The first-order valence-corrected chi connectivity index (χ1v) is 7.22. The summed E-state index contributed by atoms with van der Waals surface area (Å²) in [7, 11) is 0. The van der Waals surface area contributed by atoms with Crippen molar-refractivity contribution < 1.29 is 9.90 Å². The molecule has 2 aliphatic heterocycles. The molecule has 18 heavy (non-hydrogen) atoms. The highest BCUT2D eigenvalue weighted by molar-refractivity contribution is 5.79. The van der Waals surface area contributed by atoms with Crippen LogP contribution in [0.2, 0.25) is 0 Å². The molecule has 2 aliphatic rings. The molecular formula is C14H26N2O2. The molecule has 1 N–H and O–H groups in total. The van der Waals surface area contributed by atoms with Gasteiger partial charge in [0.05, 0.1) is 5.92 Å². The van der Waals surface area contributed by atoms with Crippen LogP contribution in [0.4, 0.5) is 0 Å². The van der Waals surface area contributed by atoms with Gasteiger partial charge < -0.3 is 14.9 Å². The van der Waals surface area contributed by atoms with Crippen molar-refractivity contribution in [2.45, 2.75) is 26.7 Å². The first-order chi connectivity index (χ1) is 8.60. The van der Waals surface area contributed by atoms with Crippen LogP contribution in [-0.4, -0.2) is 60.1 Å². The van der Waals surface area contributed by atoms with E-state index in [9.17, 15) is 4.79 Å². The molecule has 2 unspecified atom stereocenters. The second-order valence-corrected chi connectivity index (χ2v) is 6.26. The largest absolute Gasteiger partial charge is 0.396 e. The molecule has 2 heterocycles. The fraction of sp³-hybridized carbons (Fsp3) is 0.929. The van der Waals surface area contributed by atoms with Crippen LogP contribution in [-0.2, 0) is 4.79 Å². The Morgan fingerprint density at radius 3 is 2.67 bits per heavy atom. The summed E-state index contributed by atoms with van der Waals surface area (Å²) in [6, 6.07) is 0. The number of likely N-dealkylation sites (tertiary alicyclic amines) is 2. The second-order valence-electron chi connectivity index (χ2n) is 6.26. The standard InChI is InChI=1S/C14H26N2O2/c1-11(2)7-15-5-4-13(9-15)14(18)16-6-3-12(8-16)10-17/h11-13,17H,3-10H2,1-2H3. The molecule has 0 spiro atoms. The van der Waals surface area contributed by atoms with Gasteiger partial charge in [0.1, 0.15) is 0 Å². The molecule has 0 radical (unpaired) electrons. The van der Waals surface area contributed by atoms with E-state index in [1.54, 1.807) is 0 Å². The highest BCUT2D eigenvalue weighted by Gasteiger charge is 2.34. The van der Waals surface area contributed by atoms with Crippen LogP contribution >= 0.6 is 0 Å². The average molecular weight is 254 g/mol. The summed E-state index contributed by atoms with van der Waals surface area (Å²) in [6.07, 6.45) is 1.97. The van der Waals surface area contributed by atoms with Gasteiger partial charge in [0, 0.05) is 38.7 Å². The third kappa shape index (κ3) is 3.23. The fourth-order valence-corrected chi connectivity index (χ4v) is 3.16. The molecule has 0 aliphatic carbocycles. The first kappa shape index (κ1) is 13.8. The van der Waals surface area contributed by atoms with Crippen molar-refractivity contribution in [2.24, 2.45) is 17.8 Å². The van der Waals surface area contributed by atoms with Gasteiger partial charge in [-0.1, -0.05) is 13.8 Å². The zero-order valence-corrected chi connectivity index (χ0v) is 11.6. The fourth-order valence-electron chi connectivity index (χ4n) is 3.16. The third-order valence-electron chi connectivity index (χ3n) is 4.10. The Balaban J connectivity index is 1.80. The van der Waals surface area contributed by atoms with Crippen LogP contribution in [0.5, 0.6) is 0 Å². The number of hydrogen-bond donors (Lipinski definition) is 1. The van der Waals surface area contributed by atoms with Crippen molar-refractivity contribution in [3.63, 3.8) is 0 Å². The van der Waals surface area contributed by atoms with Crippen molar-refractivity contribution in [1.29, 1.82) is 0 Å². The zero-order chi connectivity index (χ0) is 13.1. The maximum absolute atomic E-state index is 12.4. The van der Waals surface area contributed by atoms with Gasteiger partial charge in [0.15, 0.2) is 0 Å². The number of aliphatic hydroxyl groups is 1. The predicted octanol–water partition coefficient (Wildman–Crippen LogP) is 0.805. The van der Waals surface area contributed by atoms with Crippen LogP contribution in [0, 0.1) is 17.8 Å². The van der Waals surface area contributed by atoms with Gasteiger partial charge in [-0.2, -0.15) is 0 Å². The summed E-state index contributed by atoms with van der Waals surface area (Å²) < 4.78 is 0. The van der Waals surface area contributed by atoms with E-state index >= 15 is 0 Å². The van der Waals surface area contributed by atoms with Crippen LogP contribution in [0.25, 0.3) is 0 Å². The van der Waals surface area contributed by atoms with E-state index in [-0.39, 0.29) is 12.5 Å². The van der Waals surface area contributed by atoms with Gasteiger partial charge in [-0.25, -0.2) is 0 Å². The lowest BCUT2D eigenvalue weighted by atomic mass is 10.1. The Bertz CT molecular complexity index is 294. The van der Waals surface area contributed by atoms with Crippen LogP contribution < -0.4 is 0 Å². The molecule has 0 aromatic carbocycles. The maximum atomic E-state index is 12.4. The summed E-state index contributed by atoms with van der Waals surface area (Å²) in [5.41, 5.74) is 0. The van der Waals surface area contributed by atoms with Crippen molar-refractivity contribution in [3.05, 3.63) is 0 Å². The molecule has 104 valence electrons. The van der Waals surface area contributed by atoms with Crippen LogP contribution in [0.3, 0.4) is 0 Å². The lowest BCUT2D eigenvalue weighted by Gasteiger charge is -2.21. The van der Waals surface area contributed by atoms with Gasteiger partial charge in [-0.05, 0) is 25.3 Å². The Morgan fingerprint density at radius 1 is 1.28 bits per heavy atom. The molecule has 0 aromatic rings. The minimum absolute atomic E-state index is 0.196. The SMILES string of the molecule is CC(C)CN1CCC(C(=O)N2CCC(CO)C2)C1. The molecular weight excluding hydrogens is 228 g/mol. The van der Waals surface area contributed by atoms with Crippen molar-refractivity contribution in [2.75, 3.05) is 39.3 Å². The van der Waals surface area contributed by atoms with Gasteiger partial charge in [-0.3, -0.25) is 4.79 Å². The number of aliphatic hydroxyl groups excluding tert-OH is 1. The monoisotopic (exact) mass is 254 g/mol. The van der Waals surface area contributed by atoms with Crippen LogP contribution in [0.1, 0.15) is 26.7 Å². The minimum atomic E-state index is 0.196. The van der Waals surface area contributed by atoms with Crippen molar-refractivity contribution >= 4 is 5.91 Å². The number of rotatable bonds is 4. The molecule has 0 aromatic heterocycles. The highest BCUT2D eigenvalue weighted by Crippen LogP contribution is 2.23. The van der Waals surface area contributed by atoms with Gasteiger partial charge in [0.2, 0.25) is 5.91 Å². The molecule has 0 saturated carbocycles. The summed E-state index contributed by atoms with van der Waals surface area (Å²) in [5, 5.41) is 9.13. The molecule has 4 nitrogen and oxygen atoms in total. The number of hydrogen-bond acceptors (Lipinski definition) is 3. The van der Waals surface area contributed by atoms with E-state index < -0.39 is 0 Å². The van der Waals surface area contributed by atoms with Gasteiger partial charge in [0.25, 0.3) is 0 Å².